The standard InChI is InChI=1S/C12H18BrNO2/c1-14-7-12(9-15-2)16-8-10-3-5-11(13)6-4-10/h3-6,12,14H,7-9H2,1-2H3. The Bertz CT molecular complexity index is 284. The molecule has 0 aliphatic carbocycles. The van der Waals surface area contributed by atoms with Gasteiger partial charge in [0.2, 0.25) is 0 Å². The van der Waals surface area contributed by atoms with Gasteiger partial charge in [0.1, 0.15) is 0 Å². The van der Waals surface area contributed by atoms with E-state index in [-0.39, 0.29) is 6.10 Å². The fourth-order valence-electron chi connectivity index (χ4n) is 1.37. The molecule has 0 saturated heterocycles. The fraction of sp³-hybridized carbons (Fsp3) is 0.500. The summed E-state index contributed by atoms with van der Waals surface area (Å²) < 4.78 is 11.9. The van der Waals surface area contributed by atoms with Gasteiger partial charge in [-0.15, -0.1) is 0 Å². The largest absolute Gasteiger partial charge is 0.382 e. The van der Waals surface area contributed by atoms with Crippen molar-refractivity contribution in [1.82, 2.24) is 5.32 Å². The number of ether oxygens (including phenoxy) is 2. The lowest BCUT2D eigenvalue weighted by molar-refractivity contribution is -0.00919. The summed E-state index contributed by atoms with van der Waals surface area (Å²) in [6.07, 6.45) is 0.0960. The molecule has 0 saturated carbocycles. The summed E-state index contributed by atoms with van der Waals surface area (Å²) >= 11 is 3.40. The lowest BCUT2D eigenvalue weighted by Crippen LogP contribution is -2.30. The number of methoxy groups -OCH3 is 1. The Labute approximate surface area is 105 Å². The Morgan fingerprint density at radius 1 is 1.31 bits per heavy atom. The molecule has 0 aliphatic rings. The van der Waals surface area contributed by atoms with Crippen molar-refractivity contribution < 1.29 is 9.47 Å². The lowest BCUT2D eigenvalue weighted by Gasteiger charge is -2.16. The Morgan fingerprint density at radius 3 is 2.56 bits per heavy atom. The highest BCUT2D eigenvalue weighted by Crippen LogP contribution is 2.11. The van der Waals surface area contributed by atoms with E-state index < -0.39 is 0 Å². The van der Waals surface area contributed by atoms with Crippen LogP contribution in [0.3, 0.4) is 0 Å². The highest BCUT2D eigenvalue weighted by atomic mass is 79.9. The van der Waals surface area contributed by atoms with Gasteiger partial charge in [-0.1, -0.05) is 28.1 Å². The summed E-state index contributed by atoms with van der Waals surface area (Å²) in [6.45, 7) is 2.02. The zero-order valence-corrected chi connectivity index (χ0v) is 11.3. The van der Waals surface area contributed by atoms with Gasteiger partial charge in [-0.2, -0.15) is 0 Å². The van der Waals surface area contributed by atoms with Gasteiger partial charge in [-0.25, -0.2) is 0 Å². The van der Waals surface area contributed by atoms with Crippen LogP contribution >= 0.6 is 15.9 Å². The molecule has 0 amide bonds. The van der Waals surface area contributed by atoms with Gasteiger partial charge in [0.25, 0.3) is 0 Å². The summed E-state index contributed by atoms with van der Waals surface area (Å²) in [5.74, 6) is 0. The Balaban J connectivity index is 2.38. The first-order chi connectivity index (χ1) is 7.76. The van der Waals surface area contributed by atoms with Gasteiger partial charge in [0, 0.05) is 18.1 Å². The van der Waals surface area contributed by atoms with E-state index in [2.05, 4.69) is 21.2 Å². The van der Waals surface area contributed by atoms with Crippen molar-refractivity contribution in [2.45, 2.75) is 12.7 Å². The van der Waals surface area contributed by atoms with Crippen molar-refractivity contribution in [1.29, 1.82) is 0 Å². The Hall–Kier alpha value is -0.420. The fourth-order valence-corrected chi connectivity index (χ4v) is 1.64. The molecule has 1 unspecified atom stereocenters. The molecule has 3 nitrogen and oxygen atoms in total. The van der Waals surface area contributed by atoms with E-state index in [0.717, 1.165) is 11.0 Å². The molecular formula is C12H18BrNO2. The predicted octanol–water partition coefficient (Wildman–Crippen LogP) is 2.20. The Morgan fingerprint density at radius 2 is 2.00 bits per heavy atom. The summed E-state index contributed by atoms with van der Waals surface area (Å²) in [4.78, 5) is 0. The molecule has 0 heterocycles. The maximum atomic E-state index is 5.75. The van der Waals surface area contributed by atoms with Gasteiger partial charge < -0.3 is 14.8 Å². The number of rotatable bonds is 7. The van der Waals surface area contributed by atoms with E-state index >= 15 is 0 Å². The lowest BCUT2D eigenvalue weighted by atomic mass is 10.2. The second-order valence-electron chi connectivity index (χ2n) is 3.57. The number of hydrogen-bond donors (Lipinski definition) is 1. The molecule has 0 aliphatic heterocycles. The molecule has 1 rings (SSSR count). The minimum atomic E-state index is 0.0960. The molecule has 0 radical (unpaired) electrons. The van der Waals surface area contributed by atoms with Crippen LogP contribution < -0.4 is 5.32 Å². The molecule has 1 N–H and O–H groups in total. The Kier molecular flexibility index (Phi) is 6.64. The van der Waals surface area contributed by atoms with Gasteiger partial charge in [-0.3, -0.25) is 0 Å². The van der Waals surface area contributed by atoms with Crippen molar-refractivity contribution >= 4 is 15.9 Å². The van der Waals surface area contributed by atoms with Crippen LogP contribution in [0.4, 0.5) is 0 Å². The highest BCUT2D eigenvalue weighted by molar-refractivity contribution is 9.10. The average Bonchev–Trinajstić information content (AvgIpc) is 2.29. The van der Waals surface area contributed by atoms with E-state index in [1.807, 2.05) is 31.3 Å². The van der Waals surface area contributed by atoms with Crippen molar-refractivity contribution in [3.63, 3.8) is 0 Å². The van der Waals surface area contributed by atoms with Crippen LogP contribution in [0.5, 0.6) is 0 Å². The van der Waals surface area contributed by atoms with Crippen LogP contribution in [0, 0.1) is 0 Å². The second-order valence-corrected chi connectivity index (χ2v) is 4.49. The van der Waals surface area contributed by atoms with Crippen LogP contribution in [-0.2, 0) is 16.1 Å². The van der Waals surface area contributed by atoms with E-state index in [1.165, 1.54) is 5.56 Å². The molecule has 0 bridgehead atoms. The molecule has 1 aromatic carbocycles. The number of nitrogens with one attached hydrogen (secondary N) is 1. The number of likely N-dealkylation sites (N-methyl/N-ethyl adjacent to an activating group) is 1. The second kappa shape index (κ2) is 7.79. The van der Waals surface area contributed by atoms with E-state index in [0.29, 0.717) is 13.2 Å². The molecule has 16 heavy (non-hydrogen) atoms. The van der Waals surface area contributed by atoms with Crippen molar-refractivity contribution in [2.75, 3.05) is 27.3 Å². The molecule has 1 aromatic rings. The maximum absolute atomic E-state index is 5.75. The summed E-state index contributed by atoms with van der Waals surface area (Å²) in [7, 11) is 3.59. The van der Waals surface area contributed by atoms with Gasteiger partial charge in [0.05, 0.1) is 19.3 Å². The normalized spacial score (nSPS) is 12.7. The van der Waals surface area contributed by atoms with Crippen LogP contribution in [-0.4, -0.2) is 33.4 Å². The molecule has 4 heteroatoms. The van der Waals surface area contributed by atoms with Gasteiger partial charge in [0.15, 0.2) is 0 Å². The molecule has 0 spiro atoms. The average molecular weight is 288 g/mol. The van der Waals surface area contributed by atoms with Crippen LogP contribution in [0.25, 0.3) is 0 Å². The third-order valence-corrected chi connectivity index (χ3v) is 2.71. The van der Waals surface area contributed by atoms with Crippen LogP contribution in [0.15, 0.2) is 28.7 Å². The number of halogens is 1. The SMILES string of the molecule is CNCC(COC)OCc1ccc(Br)cc1. The summed E-state index contributed by atoms with van der Waals surface area (Å²) in [6, 6.07) is 8.13. The van der Waals surface area contributed by atoms with Crippen LogP contribution in [0.1, 0.15) is 5.56 Å². The summed E-state index contributed by atoms with van der Waals surface area (Å²) in [5, 5.41) is 3.09. The zero-order valence-electron chi connectivity index (χ0n) is 9.70. The summed E-state index contributed by atoms with van der Waals surface area (Å²) in [5.41, 5.74) is 1.17. The third kappa shape index (κ3) is 5.07. The van der Waals surface area contributed by atoms with Crippen LogP contribution in [0.2, 0.25) is 0 Å². The molecule has 0 aromatic heterocycles. The number of hydrogen-bond acceptors (Lipinski definition) is 3. The smallest absolute Gasteiger partial charge is 0.0936 e. The van der Waals surface area contributed by atoms with E-state index in [1.54, 1.807) is 7.11 Å². The molecular weight excluding hydrogens is 270 g/mol. The first-order valence-electron chi connectivity index (χ1n) is 5.26. The zero-order chi connectivity index (χ0) is 11.8. The minimum Gasteiger partial charge on any atom is -0.382 e. The molecule has 1 atom stereocenters. The van der Waals surface area contributed by atoms with E-state index in [9.17, 15) is 0 Å². The van der Waals surface area contributed by atoms with Gasteiger partial charge in [-0.05, 0) is 24.7 Å². The first kappa shape index (κ1) is 13.6. The van der Waals surface area contributed by atoms with E-state index in [4.69, 9.17) is 9.47 Å². The number of benzene rings is 1. The maximum Gasteiger partial charge on any atom is 0.0936 e. The minimum absolute atomic E-state index is 0.0960. The predicted molar refractivity (Wildman–Crippen MR) is 68.5 cm³/mol. The third-order valence-electron chi connectivity index (χ3n) is 2.18. The van der Waals surface area contributed by atoms with Crippen molar-refractivity contribution in [3.8, 4) is 0 Å². The highest BCUT2D eigenvalue weighted by Gasteiger charge is 2.07. The van der Waals surface area contributed by atoms with Crippen molar-refractivity contribution in [3.05, 3.63) is 34.3 Å². The first-order valence-corrected chi connectivity index (χ1v) is 6.05. The monoisotopic (exact) mass is 287 g/mol. The van der Waals surface area contributed by atoms with Gasteiger partial charge >= 0.3 is 0 Å². The molecule has 90 valence electrons. The topological polar surface area (TPSA) is 30.5 Å². The molecule has 0 fully saturated rings. The van der Waals surface area contributed by atoms with Crippen molar-refractivity contribution in [2.24, 2.45) is 0 Å². The quantitative estimate of drug-likeness (QED) is 0.834.